The molecule has 0 atom stereocenters. The molecule has 12 nitrogen and oxygen atoms in total. The summed E-state index contributed by atoms with van der Waals surface area (Å²) >= 11 is 0. The average Bonchev–Trinajstić information content (AvgIpc) is 2.81. The van der Waals surface area contributed by atoms with E-state index in [1.807, 2.05) is 20.8 Å². The van der Waals surface area contributed by atoms with E-state index in [0.29, 0.717) is 38.0 Å². The minimum Gasteiger partial charge on any atom is -0.545 e. The van der Waals surface area contributed by atoms with Gasteiger partial charge in [-0.3, -0.25) is 0 Å². The Morgan fingerprint density at radius 3 is 0.865 bits per heavy atom. The molecule has 0 aromatic carbocycles. The third kappa shape index (κ3) is 43.4. The van der Waals surface area contributed by atoms with Crippen LogP contribution in [0.2, 0.25) is 0 Å². The smallest absolute Gasteiger partial charge is 0.545 e. The molecule has 0 N–H and O–H groups in total. The van der Waals surface area contributed by atoms with E-state index in [2.05, 4.69) is 14.2 Å². The molecule has 37 heavy (non-hydrogen) atoms. The van der Waals surface area contributed by atoms with Gasteiger partial charge in [-0.05, 0) is 37.5 Å². The Hall–Kier alpha value is -3.14. The Bertz CT molecular complexity index is 657. The summed E-state index contributed by atoms with van der Waals surface area (Å²) in [7, 11) is 0. The van der Waals surface area contributed by atoms with Crippen LogP contribution in [0.1, 0.15) is 59.3 Å². The van der Waals surface area contributed by atoms with Gasteiger partial charge in [-0.1, -0.05) is 40.0 Å². The first-order chi connectivity index (χ1) is 17.0. The van der Waals surface area contributed by atoms with Crippen molar-refractivity contribution < 1.29 is 58.3 Å². The number of rotatable bonds is 15. The summed E-state index contributed by atoms with van der Waals surface area (Å²) in [4.78, 5) is 61.4. The van der Waals surface area contributed by atoms with Crippen LogP contribution >= 0.6 is 0 Å². The summed E-state index contributed by atoms with van der Waals surface area (Å²) in [6.45, 7) is 6.87. The minimum atomic E-state index is -1.40. The molecule has 0 unspecified atom stereocenters. The summed E-state index contributed by atoms with van der Waals surface area (Å²) < 4.78 is 13.8. The van der Waals surface area contributed by atoms with Crippen molar-refractivity contribution in [3.63, 3.8) is 0 Å². The fourth-order valence-electron chi connectivity index (χ4n) is 1.50. The van der Waals surface area contributed by atoms with E-state index in [1.54, 1.807) is 0 Å². The Morgan fingerprint density at radius 1 is 0.486 bits per heavy atom. The van der Waals surface area contributed by atoms with Gasteiger partial charge >= 0.3 is 42.3 Å². The van der Waals surface area contributed by atoms with E-state index < -0.39 is 35.8 Å². The number of esters is 3. The SMILES string of the molecule is CCCCOC(=O)/C=C/C(=O)[O-].CCCCOC(=O)/C=C/C(=O)[O-].CCCCOC(=O)/C=C/C(=O)[O-].[Sb+3]. The van der Waals surface area contributed by atoms with Crippen molar-refractivity contribution in [2.75, 3.05) is 19.8 Å². The zero-order valence-electron chi connectivity index (χ0n) is 21.2. The van der Waals surface area contributed by atoms with Crippen LogP contribution in [-0.2, 0) is 43.0 Å². The molecule has 0 saturated heterocycles. The van der Waals surface area contributed by atoms with Crippen LogP contribution < -0.4 is 15.3 Å². The molecule has 13 heteroatoms. The number of carboxylic acids is 3. The quantitative estimate of drug-likeness (QED) is 0.0666. The standard InChI is InChI=1S/3C8H12O4.Sb/c3*1-2-3-6-12-8(11)5-4-7(9)10;/h3*4-5H,2-3,6H2,1H3,(H,9,10);/q;;;+3/p-3/b3*5-4+;. The van der Waals surface area contributed by atoms with Crippen molar-refractivity contribution in [2.45, 2.75) is 59.3 Å². The number of ether oxygens (including phenoxy) is 3. The zero-order valence-corrected chi connectivity index (χ0v) is 23.7. The summed E-state index contributed by atoms with van der Waals surface area (Å²) in [6, 6.07) is 0. The molecule has 0 aromatic heterocycles. The van der Waals surface area contributed by atoms with E-state index in [1.165, 1.54) is 0 Å². The fraction of sp³-hybridized carbons (Fsp3) is 0.500. The Morgan fingerprint density at radius 2 is 0.703 bits per heavy atom. The van der Waals surface area contributed by atoms with Crippen LogP contribution in [0.25, 0.3) is 0 Å². The van der Waals surface area contributed by atoms with Crippen molar-refractivity contribution in [1.82, 2.24) is 0 Å². The second-order valence-electron chi connectivity index (χ2n) is 6.52. The van der Waals surface area contributed by atoms with Crippen molar-refractivity contribution in [1.29, 1.82) is 0 Å². The molecule has 0 aromatic rings. The molecule has 2 radical (unpaired) electrons. The molecule has 0 amide bonds. The van der Waals surface area contributed by atoms with Gasteiger partial charge in [-0.25, -0.2) is 14.4 Å². The number of carboxylic acid groups (broad SMARTS) is 3. The number of carbonyl (C=O) groups excluding carboxylic acids is 6. The number of carbonyl (C=O) groups is 6. The van der Waals surface area contributed by atoms with Gasteiger partial charge in [0.15, 0.2) is 0 Å². The summed E-state index contributed by atoms with van der Waals surface area (Å²) in [5.41, 5.74) is 0. The van der Waals surface area contributed by atoms with Gasteiger partial charge in [0, 0.05) is 18.2 Å². The monoisotopic (exact) mass is 634 g/mol. The van der Waals surface area contributed by atoms with Crippen LogP contribution in [0.3, 0.4) is 0 Å². The van der Waals surface area contributed by atoms with Crippen LogP contribution in [0.5, 0.6) is 0 Å². The van der Waals surface area contributed by atoms with Crippen LogP contribution in [0.4, 0.5) is 0 Å². The van der Waals surface area contributed by atoms with E-state index >= 15 is 0 Å². The molecule has 0 heterocycles. The molecule has 0 saturated carbocycles. The zero-order chi connectivity index (χ0) is 28.2. The van der Waals surface area contributed by atoms with Gasteiger partial charge in [0.1, 0.15) is 0 Å². The van der Waals surface area contributed by atoms with Crippen molar-refractivity contribution >= 4 is 60.2 Å². The number of aliphatic carboxylic acids is 3. The van der Waals surface area contributed by atoms with Gasteiger partial charge in [-0.15, -0.1) is 0 Å². The molecule has 0 rings (SSSR count). The largest absolute Gasteiger partial charge is 3.00 e. The maximum Gasteiger partial charge on any atom is 3.00 e. The molecule has 206 valence electrons. The van der Waals surface area contributed by atoms with Crippen molar-refractivity contribution in [2.24, 2.45) is 0 Å². The molecule has 0 bridgehead atoms. The Labute approximate surface area is 233 Å². The van der Waals surface area contributed by atoms with Crippen molar-refractivity contribution in [3.8, 4) is 0 Å². The van der Waals surface area contributed by atoms with Gasteiger partial charge in [0.25, 0.3) is 0 Å². The number of hydrogen-bond acceptors (Lipinski definition) is 12. The second kappa shape index (κ2) is 30.9. The molecule has 0 aliphatic heterocycles. The normalized spacial score (nSPS) is 9.81. The average molecular weight is 635 g/mol. The van der Waals surface area contributed by atoms with Gasteiger partial charge in [0.2, 0.25) is 0 Å². The first-order valence-corrected chi connectivity index (χ1v) is 11.2. The number of hydrogen-bond donors (Lipinski definition) is 0. The minimum absolute atomic E-state index is 0. The molecule has 0 spiro atoms. The first kappa shape index (κ1) is 41.0. The van der Waals surface area contributed by atoms with Gasteiger partial charge in [-0.2, -0.15) is 0 Å². The third-order valence-corrected chi connectivity index (χ3v) is 3.29. The third-order valence-electron chi connectivity index (χ3n) is 3.29. The van der Waals surface area contributed by atoms with Crippen LogP contribution in [0, 0.1) is 0 Å². The van der Waals surface area contributed by atoms with E-state index in [-0.39, 0.29) is 24.4 Å². The molecular formula is C24H33O12Sb. The molecule has 0 aliphatic rings. The molecular weight excluding hydrogens is 602 g/mol. The van der Waals surface area contributed by atoms with E-state index in [0.717, 1.165) is 56.8 Å². The van der Waals surface area contributed by atoms with E-state index in [9.17, 15) is 44.1 Å². The van der Waals surface area contributed by atoms with Crippen LogP contribution in [0.15, 0.2) is 36.5 Å². The predicted octanol–water partition coefficient (Wildman–Crippen LogP) is -1.47. The van der Waals surface area contributed by atoms with E-state index in [4.69, 9.17) is 0 Å². The van der Waals surface area contributed by atoms with Gasteiger partial charge in [0.05, 0.1) is 37.7 Å². The maximum atomic E-state index is 10.6. The first-order valence-electron chi connectivity index (χ1n) is 11.2. The van der Waals surface area contributed by atoms with Crippen LogP contribution in [-0.4, -0.2) is 80.1 Å². The Balaban J connectivity index is -0.000000218. The van der Waals surface area contributed by atoms with Crippen molar-refractivity contribution in [3.05, 3.63) is 36.5 Å². The second-order valence-corrected chi connectivity index (χ2v) is 6.52. The summed E-state index contributed by atoms with van der Waals surface area (Å²) in [5, 5.41) is 29.5. The molecule has 0 fully saturated rings. The Kier molecular flexibility index (Phi) is 34.2. The van der Waals surface area contributed by atoms with Gasteiger partial charge < -0.3 is 43.9 Å². The predicted molar refractivity (Wildman–Crippen MR) is 126 cm³/mol. The maximum absolute atomic E-state index is 10.6. The summed E-state index contributed by atoms with van der Waals surface area (Å²) in [6.07, 6.45) is 9.59. The number of unbranched alkanes of at least 4 members (excludes halogenated alkanes) is 3. The topological polar surface area (TPSA) is 199 Å². The molecule has 0 aliphatic carbocycles. The summed E-state index contributed by atoms with van der Waals surface area (Å²) in [5.74, 6) is -6.14. The fourth-order valence-corrected chi connectivity index (χ4v) is 1.50.